The van der Waals surface area contributed by atoms with Gasteiger partial charge in [-0.2, -0.15) is 0 Å². The van der Waals surface area contributed by atoms with Crippen molar-refractivity contribution >= 4 is 23.2 Å². The van der Waals surface area contributed by atoms with Crippen molar-refractivity contribution in [3.63, 3.8) is 0 Å². The summed E-state index contributed by atoms with van der Waals surface area (Å²) in [5.41, 5.74) is 7.23. The Balaban J connectivity index is 2.95. The van der Waals surface area contributed by atoms with Gasteiger partial charge >= 0.3 is 0 Å². The Morgan fingerprint density at radius 3 is 2.63 bits per heavy atom. The Bertz CT molecular complexity index is 474. The zero-order valence-corrected chi connectivity index (χ0v) is 11.4. The molecule has 0 aliphatic rings. The monoisotopic (exact) mass is 264 g/mol. The van der Waals surface area contributed by atoms with Crippen molar-refractivity contribution in [3.05, 3.63) is 23.8 Å². The Kier molecular flexibility index (Phi) is 5.17. The zero-order valence-electron chi connectivity index (χ0n) is 11.4. The Labute approximate surface area is 112 Å². The maximum atomic E-state index is 11.7. The molecule has 2 amide bonds. The van der Waals surface area contributed by atoms with Crippen LogP contribution in [0.15, 0.2) is 18.2 Å². The fourth-order valence-electron chi connectivity index (χ4n) is 1.64. The molecule has 1 atom stereocenters. The van der Waals surface area contributed by atoms with Gasteiger partial charge in [-0.25, -0.2) is 0 Å². The summed E-state index contributed by atoms with van der Waals surface area (Å²) in [7, 11) is 1.55. The van der Waals surface area contributed by atoms with Crippen LogP contribution in [0.2, 0.25) is 0 Å². The first kappa shape index (κ1) is 14.8. The van der Waals surface area contributed by atoms with E-state index in [4.69, 9.17) is 5.73 Å². The average Bonchev–Trinajstić information content (AvgIpc) is 2.38. The first-order valence-electron chi connectivity index (χ1n) is 6.15. The van der Waals surface area contributed by atoms with Crippen LogP contribution in [0.4, 0.5) is 11.4 Å². The lowest BCUT2D eigenvalue weighted by Crippen LogP contribution is -2.37. The highest BCUT2D eigenvalue weighted by Gasteiger charge is 2.16. The predicted molar refractivity (Wildman–Crippen MR) is 76.0 cm³/mol. The molecule has 19 heavy (non-hydrogen) atoms. The van der Waals surface area contributed by atoms with E-state index in [-0.39, 0.29) is 11.8 Å². The van der Waals surface area contributed by atoms with Crippen LogP contribution < -0.4 is 21.7 Å². The number of likely N-dealkylation sites (N-methyl/N-ethyl adjacent to an activating group) is 1. The number of rotatable bonds is 5. The molecule has 0 saturated carbocycles. The van der Waals surface area contributed by atoms with E-state index in [2.05, 4.69) is 16.0 Å². The molecule has 104 valence electrons. The van der Waals surface area contributed by atoms with Crippen LogP contribution in [0.25, 0.3) is 0 Å². The molecule has 5 N–H and O–H groups in total. The molecule has 0 aliphatic carbocycles. The lowest BCUT2D eigenvalue weighted by molar-refractivity contribution is -0.121. The minimum atomic E-state index is -0.454. The lowest BCUT2D eigenvalue weighted by atomic mass is 10.1. The molecule has 0 aliphatic heterocycles. The van der Waals surface area contributed by atoms with Gasteiger partial charge in [0.2, 0.25) is 5.91 Å². The van der Waals surface area contributed by atoms with Crippen molar-refractivity contribution in [1.82, 2.24) is 10.6 Å². The van der Waals surface area contributed by atoms with Crippen LogP contribution in [0, 0.1) is 0 Å². The molecule has 0 aromatic heterocycles. The molecular weight excluding hydrogens is 244 g/mol. The number of hydrogen-bond donors (Lipinski definition) is 4. The molecule has 1 aromatic carbocycles. The molecule has 1 rings (SSSR count). The van der Waals surface area contributed by atoms with Crippen LogP contribution in [-0.2, 0) is 4.79 Å². The van der Waals surface area contributed by atoms with Crippen LogP contribution in [0.5, 0.6) is 0 Å². The first-order valence-corrected chi connectivity index (χ1v) is 6.15. The third-order valence-electron chi connectivity index (χ3n) is 2.63. The molecule has 0 bridgehead atoms. The van der Waals surface area contributed by atoms with Crippen molar-refractivity contribution in [2.24, 2.45) is 0 Å². The van der Waals surface area contributed by atoms with Gasteiger partial charge in [0.25, 0.3) is 5.91 Å². The summed E-state index contributed by atoms with van der Waals surface area (Å²) in [6.45, 7) is 4.13. The third-order valence-corrected chi connectivity index (χ3v) is 2.63. The summed E-state index contributed by atoms with van der Waals surface area (Å²) >= 11 is 0. The highest BCUT2D eigenvalue weighted by molar-refractivity contribution is 6.00. The maximum absolute atomic E-state index is 11.7. The van der Waals surface area contributed by atoms with Crippen molar-refractivity contribution in [3.8, 4) is 0 Å². The van der Waals surface area contributed by atoms with Crippen LogP contribution >= 0.6 is 0 Å². The van der Waals surface area contributed by atoms with Crippen LogP contribution in [0.3, 0.4) is 0 Å². The Hall–Kier alpha value is -2.24. The summed E-state index contributed by atoms with van der Waals surface area (Å²) < 4.78 is 0. The number of amides is 2. The first-order chi connectivity index (χ1) is 8.99. The number of anilines is 2. The van der Waals surface area contributed by atoms with E-state index in [1.807, 2.05) is 6.92 Å². The average molecular weight is 264 g/mol. The molecule has 0 fully saturated rings. The number of nitrogens with one attached hydrogen (secondary N) is 3. The molecule has 0 spiro atoms. The Morgan fingerprint density at radius 2 is 2.05 bits per heavy atom. The highest BCUT2D eigenvalue weighted by Crippen LogP contribution is 2.20. The molecule has 0 radical (unpaired) electrons. The summed E-state index contributed by atoms with van der Waals surface area (Å²) in [6.07, 6.45) is 0. The van der Waals surface area contributed by atoms with E-state index >= 15 is 0 Å². The summed E-state index contributed by atoms with van der Waals surface area (Å²) in [6, 6.07) is 4.46. The second-order valence-corrected chi connectivity index (χ2v) is 4.14. The summed E-state index contributed by atoms with van der Waals surface area (Å²) in [5.74, 6) is -0.363. The smallest absolute Gasteiger partial charge is 0.253 e. The van der Waals surface area contributed by atoms with E-state index in [9.17, 15) is 9.59 Å². The standard InChI is InChI=1S/C13H20N4O2/c1-4-16-12(18)8(2)17-11-7-9(14)5-6-10(11)13(19)15-3/h5-8,17H,4,14H2,1-3H3,(H,15,19)(H,16,18). The largest absolute Gasteiger partial charge is 0.399 e. The van der Waals surface area contributed by atoms with E-state index in [0.29, 0.717) is 23.5 Å². The van der Waals surface area contributed by atoms with Gasteiger partial charge in [-0.15, -0.1) is 0 Å². The van der Waals surface area contributed by atoms with Crippen LogP contribution in [0.1, 0.15) is 24.2 Å². The Morgan fingerprint density at radius 1 is 1.37 bits per heavy atom. The fraction of sp³-hybridized carbons (Fsp3) is 0.385. The molecule has 1 aromatic rings. The van der Waals surface area contributed by atoms with Crippen LogP contribution in [-0.4, -0.2) is 31.4 Å². The second kappa shape index (κ2) is 6.63. The SMILES string of the molecule is CCNC(=O)C(C)Nc1cc(N)ccc1C(=O)NC. The van der Waals surface area contributed by atoms with Gasteiger partial charge in [0, 0.05) is 25.0 Å². The third kappa shape index (κ3) is 3.87. The minimum absolute atomic E-state index is 0.132. The van der Waals surface area contributed by atoms with Gasteiger partial charge in [0.1, 0.15) is 6.04 Å². The van der Waals surface area contributed by atoms with Crippen molar-refractivity contribution < 1.29 is 9.59 Å². The summed E-state index contributed by atoms with van der Waals surface area (Å²) in [5, 5.41) is 8.26. The highest BCUT2D eigenvalue weighted by atomic mass is 16.2. The van der Waals surface area contributed by atoms with E-state index < -0.39 is 6.04 Å². The normalized spacial score (nSPS) is 11.5. The molecule has 0 saturated heterocycles. The summed E-state index contributed by atoms with van der Waals surface area (Å²) in [4.78, 5) is 23.4. The van der Waals surface area contributed by atoms with Gasteiger partial charge < -0.3 is 21.7 Å². The molecule has 6 nitrogen and oxygen atoms in total. The number of hydrogen-bond acceptors (Lipinski definition) is 4. The fourth-order valence-corrected chi connectivity index (χ4v) is 1.64. The van der Waals surface area contributed by atoms with Gasteiger partial charge in [-0.3, -0.25) is 9.59 Å². The maximum Gasteiger partial charge on any atom is 0.253 e. The van der Waals surface area contributed by atoms with Gasteiger partial charge in [-0.05, 0) is 32.0 Å². The zero-order chi connectivity index (χ0) is 14.4. The number of nitrogens with two attached hydrogens (primary N) is 1. The molecule has 6 heteroatoms. The number of carbonyl (C=O) groups is 2. The van der Waals surface area contributed by atoms with Gasteiger partial charge in [0.15, 0.2) is 0 Å². The minimum Gasteiger partial charge on any atom is -0.399 e. The number of benzene rings is 1. The molecule has 1 unspecified atom stereocenters. The van der Waals surface area contributed by atoms with E-state index in [1.54, 1.807) is 32.2 Å². The van der Waals surface area contributed by atoms with E-state index in [1.165, 1.54) is 0 Å². The number of nitrogen functional groups attached to an aromatic ring is 1. The van der Waals surface area contributed by atoms with Crippen molar-refractivity contribution in [2.75, 3.05) is 24.6 Å². The predicted octanol–water partition coefficient (Wildman–Crippen LogP) is 0.565. The lowest BCUT2D eigenvalue weighted by Gasteiger charge is -2.17. The number of carbonyl (C=O) groups excluding carboxylic acids is 2. The molecule has 0 heterocycles. The second-order valence-electron chi connectivity index (χ2n) is 4.14. The van der Waals surface area contributed by atoms with Crippen molar-refractivity contribution in [1.29, 1.82) is 0 Å². The molecular formula is C13H20N4O2. The van der Waals surface area contributed by atoms with Gasteiger partial charge in [-0.1, -0.05) is 0 Å². The quantitative estimate of drug-likeness (QED) is 0.584. The van der Waals surface area contributed by atoms with Gasteiger partial charge in [0.05, 0.1) is 5.56 Å². The topological polar surface area (TPSA) is 96.2 Å². The van der Waals surface area contributed by atoms with E-state index in [0.717, 1.165) is 0 Å². The van der Waals surface area contributed by atoms with Crippen molar-refractivity contribution in [2.45, 2.75) is 19.9 Å².